The summed E-state index contributed by atoms with van der Waals surface area (Å²) in [6.45, 7) is 7.39. The van der Waals surface area contributed by atoms with Gasteiger partial charge in [0.1, 0.15) is 10.3 Å². The lowest BCUT2D eigenvalue weighted by molar-refractivity contribution is 0.184. The molecule has 1 aliphatic carbocycles. The van der Waals surface area contributed by atoms with E-state index in [4.69, 9.17) is 4.98 Å². The minimum Gasteiger partial charge on any atom is -0.282 e. The van der Waals surface area contributed by atoms with E-state index in [0.717, 1.165) is 41.5 Å². The van der Waals surface area contributed by atoms with Gasteiger partial charge in [-0.2, -0.15) is 4.68 Å². The Morgan fingerprint density at radius 2 is 1.82 bits per heavy atom. The molecule has 0 saturated carbocycles. The SMILES string of the molecule is CCC(C)(C)[C@H]1CCc2c(sc3nc(SCn4nnc5ccccc5c4=O)n(Cc4ccccc4)c(=O)c23)C1. The Balaban J connectivity index is 1.41. The van der Waals surface area contributed by atoms with Gasteiger partial charge in [0.25, 0.3) is 11.1 Å². The van der Waals surface area contributed by atoms with Crippen molar-refractivity contribution in [1.29, 1.82) is 0 Å². The number of thiophene rings is 1. The number of aryl methyl sites for hydroxylation is 1. The number of aromatic nitrogens is 5. The normalized spacial score (nSPS) is 15.6. The quantitative estimate of drug-likeness (QED) is 0.183. The molecule has 200 valence electrons. The number of benzene rings is 2. The first-order valence-electron chi connectivity index (χ1n) is 13.4. The monoisotopic (exact) mass is 557 g/mol. The largest absolute Gasteiger partial charge is 0.282 e. The van der Waals surface area contributed by atoms with Crippen LogP contribution < -0.4 is 11.1 Å². The summed E-state index contributed by atoms with van der Waals surface area (Å²) in [4.78, 5) is 34.3. The molecular formula is C30H31N5O2S2. The Labute approximate surface area is 234 Å². The van der Waals surface area contributed by atoms with Gasteiger partial charge in [-0.3, -0.25) is 14.2 Å². The van der Waals surface area contributed by atoms with Crippen LogP contribution in [0.4, 0.5) is 0 Å². The maximum absolute atomic E-state index is 14.1. The summed E-state index contributed by atoms with van der Waals surface area (Å²) < 4.78 is 3.10. The fourth-order valence-corrected chi connectivity index (χ4v) is 7.65. The lowest BCUT2D eigenvalue weighted by Crippen LogP contribution is -2.29. The number of rotatable bonds is 7. The van der Waals surface area contributed by atoms with Crippen LogP contribution in [-0.2, 0) is 25.3 Å². The standard InChI is InChI=1S/C30H31N5O2S2/c1-4-30(2,3)20-14-15-22-24(16-20)39-26-25(22)28(37)34(17-19-10-6-5-7-11-19)29(31-26)38-18-35-27(36)21-12-8-9-13-23(21)32-33-35/h5-13,20H,4,14-18H2,1-3H3/t20-/m0/s1. The molecule has 3 aromatic heterocycles. The molecule has 6 rings (SSSR count). The first-order valence-corrected chi connectivity index (χ1v) is 15.2. The molecule has 0 fully saturated rings. The Hall–Kier alpha value is -3.30. The number of fused-ring (bicyclic) bond motifs is 4. The van der Waals surface area contributed by atoms with Crippen molar-refractivity contribution >= 4 is 44.2 Å². The van der Waals surface area contributed by atoms with Gasteiger partial charge in [-0.15, -0.1) is 16.4 Å². The van der Waals surface area contributed by atoms with E-state index < -0.39 is 0 Å². The van der Waals surface area contributed by atoms with Gasteiger partial charge in [-0.1, -0.05) is 86.6 Å². The molecule has 7 nitrogen and oxygen atoms in total. The summed E-state index contributed by atoms with van der Waals surface area (Å²) in [6, 6.07) is 17.2. The van der Waals surface area contributed by atoms with Crippen molar-refractivity contribution in [3.63, 3.8) is 0 Å². The van der Waals surface area contributed by atoms with Gasteiger partial charge in [0.2, 0.25) is 0 Å². The number of nitrogens with zero attached hydrogens (tertiary/aromatic N) is 5. The van der Waals surface area contributed by atoms with Crippen LogP contribution in [0.3, 0.4) is 0 Å². The molecule has 0 spiro atoms. The Kier molecular flexibility index (Phi) is 6.89. The molecule has 0 radical (unpaired) electrons. The Morgan fingerprint density at radius 3 is 2.62 bits per heavy atom. The molecule has 3 heterocycles. The van der Waals surface area contributed by atoms with E-state index in [-0.39, 0.29) is 22.4 Å². The first kappa shape index (κ1) is 26.0. The molecule has 2 aromatic carbocycles. The van der Waals surface area contributed by atoms with E-state index in [1.165, 1.54) is 26.9 Å². The second-order valence-corrected chi connectivity index (χ2v) is 12.9. The molecule has 5 aromatic rings. The number of thioether (sulfide) groups is 1. The molecule has 1 atom stereocenters. The van der Waals surface area contributed by atoms with E-state index in [2.05, 4.69) is 31.1 Å². The Morgan fingerprint density at radius 1 is 1.05 bits per heavy atom. The molecule has 0 amide bonds. The lowest BCUT2D eigenvalue weighted by Gasteiger charge is -2.36. The second kappa shape index (κ2) is 10.4. The molecule has 1 aliphatic rings. The van der Waals surface area contributed by atoms with Gasteiger partial charge < -0.3 is 0 Å². The van der Waals surface area contributed by atoms with Crippen LogP contribution >= 0.6 is 23.1 Å². The average Bonchev–Trinajstić information content (AvgIpc) is 3.33. The van der Waals surface area contributed by atoms with Crippen LogP contribution in [0.15, 0.2) is 69.3 Å². The highest BCUT2D eigenvalue weighted by atomic mass is 32.2. The second-order valence-electron chi connectivity index (χ2n) is 10.9. The third kappa shape index (κ3) is 4.82. The summed E-state index contributed by atoms with van der Waals surface area (Å²) in [5.41, 5.74) is 2.84. The van der Waals surface area contributed by atoms with Gasteiger partial charge in [-0.05, 0) is 53.9 Å². The van der Waals surface area contributed by atoms with Crippen molar-refractivity contribution in [1.82, 2.24) is 24.5 Å². The van der Waals surface area contributed by atoms with E-state index in [1.54, 1.807) is 28.0 Å². The van der Waals surface area contributed by atoms with E-state index in [0.29, 0.717) is 28.5 Å². The summed E-state index contributed by atoms with van der Waals surface area (Å²) >= 11 is 3.01. The Bertz CT molecular complexity index is 1790. The third-order valence-electron chi connectivity index (χ3n) is 8.28. The van der Waals surface area contributed by atoms with Crippen molar-refractivity contribution in [3.8, 4) is 0 Å². The van der Waals surface area contributed by atoms with Gasteiger partial charge in [0.15, 0.2) is 5.16 Å². The van der Waals surface area contributed by atoms with Gasteiger partial charge in [0, 0.05) is 4.88 Å². The molecule has 0 bridgehead atoms. The van der Waals surface area contributed by atoms with Crippen molar-refractivity contribution < 1.29 is 0 Å². The van der Waals surface area contributed by atoms with Crippen LogP contribution in [0, 0.1) is 11.3 Å². The summed E-state index contributed by atoms with van der Waals surface area (Å²) in [6.07, 6.45) is 4.15. The van der Waals surface area contributed by atoms with E-state index >= 15 is 0 Å². The van der Waals surface area contributed by atoms with Crippen molar-refractivity contribution in [2.75, 3.05) is 0 Å². The smallest absolute Gasteiger partial charge is 0.278 e. The fourth-order valence-electron chi connectivity index (χ4n) is 5.44. The minimum absolute atomic E-state index is 0.00556. The third-order valence-corrected chi connectivity index (χ3v) is 10.4. The first-order chi connectivity index (χ1) is 18.9. The predicted octanol–water partition coefficient (Wildman–Crippen LogP) is 5.90. The molecule has 0 aliphatic heterocycles. The van der Waals surface area contributed by atoms with E-state index in [9.17, 15) is 9.59 Å². The van der Waals surface area contributed by atoms with Crippen LogP contribution in [0.2, 0.25) is 0 Å². The number of hydrogen-bond donors (Lipinski definition) is 0. The van der Waals surface area contributed by atoms with Crippen molar-refractivity contribution in [2.45, 2.75) is 64.0 Å². The van der Waals surface area contributed by atoms with Gasteiger partial charge in [0.05, 0.1) is 23.2 Å². The minimum atomic E-state index is -0.206. The van der Waals surface area contributed by atoms with Crippen LogP contribution in [0.25, 0.3) is 21.1 Å². The number of hydrogen-bond acceptors (Lipinski definition) is 7. The van der Waals surface area contributed by atoms with Gasteiger partial charge >= 0.3 is 0 Å². The molecule has 0 saturated heterocycles. The maximum Gasteiger partial charge on any atom is 0.278 e. The maximum atomic E-state index is 14.1. The van der Waals surface area contributed by atoms with E-state index in [1.807, 2.05) is 42.5 Å². The summed E-state index contributed by atoms with van der Waals surface area (Å²) in [7, 11) is 0. The molecular weight excluding hydrogens is 526 g/mol. The average molecular weight is 558 g/mol. The highest BCUT2D eigenvalue weighted by Gasteiger charge is 2.34. The highest BCUT2D eigenvalue weighted by Crippen LogP contribution is 2.44. The predicted molar refractivity (Wildman–Crippen MR) is 159 cm³/mol. The summed E-state index contributed by atoms with van der Waals surface area (Å²) in [5, 5.41) is 10.2. The lowest BCUT2D eigenvalue weighted by atomic mass is 9.70. The topological polar surface area (TPSA) is 82.7 Å². The molecule has 0 unspecified atom stereocenters. The van der Waals surface area contributed by atoms with Gasteiger partial charge in [-0.25, -0.2) is 4.98 Å². The zero-order valence-electron chi connectivity index (χ0n) is 22.4. The zero-order chi connectivity index (χ0) is 27.1. The zero-order valence-corrected chi connectivity index (χ0v) is 24.0. The van der Waals surface area contributed by atoms with Crippen LogP contribution in [0.5, 0.6) is 0 Å². The van der Waals surface area contributed by atoms with Crippen LogP contribution in [-0.4, -0.2) is 24.5 Å². The fraction of sp³-hybridized carbons (Fsp3) is 0.367. The van der Waals surface area contributed by atoms with Crippen molar-refractivity contribution in [3.05, 3.63) is 91.3 Å². The van der Waals surface area contributed by atoms with Crippen molar-refractivity contribution in [2.24, 2.45) is 11.3 Å². The van der Waals surface area contributed by atoms with Crippen LogP contribution in [0.1, 0.15) is 49.6 Å². The molecule has 0 N–H and O–H groups in total. The summed E-state index contributed by atoms with van der Waals surface area (Å²) in [5.74, 6) is 0.808. The molecule has 39 heavy (non-hydrogen) atoms. The molecule has 9 heteroatoms. The highest BCUT2D eigenvalue weighted by molar-refractivity contribution is 7.98.